The third kappa shape index (κ3) is 3.29. The maximum atomic E-state index is 14.7. The topological polar surface area (TPSA) is 90.8 Å². The summed E-state index contributed by atoms with van der Waals surface area (Å²) in [6, 6.07) is 2.88. The molecule has 186 valence electrons. The van der Waals surface area contributed by atoms with Crippen LogP contribution in [0.25, 0.3) is 28.2 Å². The van der Waals surface area contributed by atoms with Crippen molar-refractivity contribution in [3.63, 3.8) is 0 Å². The Morgan fingerprint density at radius 2 is 1.78 bits per heavy atom. The summed E-state index contributed by atoms with van der Waals surface area (Å²) in [5.74, 6) is -5.73. The molecule has 0 amide bonds. The summed E-state index contributed by atoms with van der Waals surface area (Å²) in [6.07, 6.45) is -3.55. The smallest absolute Gasteiger partial charge is 0.363 e. The van der Waals surface area contributed by atoms with Gasteiger partial charge in [0, 0.05) is 19.5 Å². The van der Waals surface area contributed by atoms with E-state index in [0.717, 1.165) is 12.1 Å². The second-order valence-corrected chi connectivity index (χ2v) is 8.43. The number of alkyl halides is 5. The summed E-state index contributed by atoms with van der Waals surface area (Å²) < 4.78 is 86.4. The SMILES string of the molecule is Cn1ncc2c1ncn1nc(-c3cc4n(n3)C(C(F)(F)C(F)(F)F)CC(c3ccc(F)cc3)N4)nc21. The fourth-order valence-electron chi connectivity index (χ4n) is 4.36. The van der Waals surface area contributed by atoms with Crippen LogP contribution in [0.1, 0.15) is 24.1 Å². The van der Waals surface area contributed by atoms with Crippen LogP contribution >= 0.6 is 0 Å². The van der Waals surface area contributed by atoms with Gasteiger partial charge in [0.15, 0.2) is 11.3 Å². The molecule has 0 bridgehead atoms. The molecular weight excluding hydrogens is 492 g/mol. The van der Waals surface area contributed by atoms with Crippen molar-refractivity contribution in [2.75, 3.05) is 5.32 Å². The minimum Gasteiger partial charge on any atom is -0.363 e. The molecule has 9 nitrogen and oxygen atoms in total. The molecule has 0 aliphatic carbocycles. The molecule has 5 aromatic rings. The Labute approximate surface area is 197 Å². The van der Waals surface area contributed by atoms with E-state index in [4.69, 9.17) is 0 Å². The quantitative estimate of drug-likeness (QED) is 0.366. The molecule has 1 N–H and O–H groups in total. The van der Waals surface area contributed by atoms with Crippen molar-refractivity contribution >= 4 is 22.5 Å². The molecule has 5 heterocycles. The number of fused-ring (bicyclic) bond motifs is 4. The van der Waals surface area contributed by atoms with Gasteiger partial charge in [0.05, 0.1) is 17.6 Å². The number of aromatic nitrogens is 8. The molecular formula is C21H15F6N9. The summed E-state index contributed by atoms with van der Waals surface area (Å²) in [7, 11) is 1.69. The van der Waals surface area contributed by atoms with Crippen LogP contribution in [0.2, 0.25) is 0 Å². The van der Waals surface area contributed by atoms with Crippen molar-refractivity contribution in [2.45, 2.75) is 30.6 Å². The van der Waals surface area contributed by atoms with E-state index >= 15 is 0 Å². The highest BCUT2D eigenvalue weighted by Crippen LogP contribution is 2.50. The van der Waals surface area contributed by atoms with Crippen LogP contribution in [0, 0.1) is 5.82 Å². The summed E-state index contributed by atoms with van der Waals surface area (Å²) in [4.78, 5) is 8.63. The van der Waals surface area contributed by atoms with Crippen LogP contribution in [0.15, 0.2) is 42.9 Å². The van der Waals surface area contributed by atoms with Gasteiger partial charge < -0.3 is 5.32 Å². The predicted octanol–water partition coefficient (Wildman–Crippen LogP) is 4.31. The van der Waals surface area contributed by atoms with Crippen molar-refractivity contribution in [1.29, 1.82) is 0 Å². The third-order valence-corrected chi connectivity index (χ3v) is 6.18. The van der Waals surface area contributed by atoms with Gasteiger partial charge in [0.1, 0.15) is 29.7 Å². The normalized spacial score (nSPS) is 18.5. The fraction of sp³-hybridized carbons (Fsp3) is 0.286. The number of hydrogen-bond acceptors (Lipinski definition) is 6. The molecule has 0 saturated heterocycles. The molecule has 0 saturated carbocycles. The monoisotopic (exact) mass is 507 g/mol. The Balaban J connectivity index is 1.46. The molecule has 0 spiro atoms. The van der Waals surface area contributed by atoms with Gasteiger partial charge in [-0.2, -0.15) is 32.1 Å². The Bertz CT molecular complexity index is 1600. The summed E-state index contributed by atoms with van der Waals surface area (Å²) in [5, 5.41) is 15.9. The second kappa shape index (κ2) is 7.41. The summed E-state index contributed by atoms with van der Waals surface area (Å²) >= 11 is 0. The van der Waals surface area contributed by atoms with Crippen LogP contribution in [-0.4, -0.2) is 51.2 Å². The molecule has 4 aromatic heterocycles. The highest BCUT2D eigenvalue weighted by Gasteiger charge is 2.64. The van der Waals surface area contributed by atoms with Gasteiger partial charge in [0.25, 0.3) is 0 Å². The van der Waals surface area contributed by atoms with E-state index in [1.807, 2.05) is 0 Å². The van der Waals surface area contributed by atoms with E-state index in [2.05, 4.69) is 30.6 Å². The number of nitrogens with zero attached hydrogens (tertiary/aromatic N) is 8. The maximum Gasteiger partial charge on any atom is 0.455 e. The van der Waals surface area contributed by atoms with E-state index in [1.165, 1.54) is 39.9 Å². The van der Waals surface area contributed by atoms with E-state index < -0.39 is 36.4 Å². The van der Waals surface area contributed by atoms with E-state index in [0.29, 0.717) is 26.9 Å². The first-order valence-electron chi connectivity index (χ1n) is 10.6. The summed E-state index contributed by atoms with van der Waals surface area (Å²) in [6.45, 7) is 0. The maximum absolute atomic E-state index is 14.7. The lowest BCUT2D eigenvalue weighted by atomic mass is 9.93. The second-order valence-electron chi connectivity index (χ2n) is 8.43. The molecule has 0 fully saturated rings. The first-order valence-corrected chi connectivity index (χ1v) is 10.6. The molecule has 1 aromatic carbocycles. The third-order valence-electron chi connectivity index (χ3n) is 6.18. The lowest BCUT2D eigenvalue weighted by Gasteiger charge is -2.37. The van der Waals surface area contributed by atoms with E-state index in [9.17, 15) is 26.3 Å². The predicted molar refractivity (Wildman–Crippen MR) is 114 cm³/mol. The van der Waals surface area contributed by atoms with E-state index in [1.54, 1.807) is 7.05 Å². The summed E-state index contributed by atoms with van der Waals surface area (Å²) in [5.41, 5.74) is 1.23. The number of aryl methyl sites for hydroxylation is 1. The van der Waals surface area contributed by atoms with Crippen molar-refractivity contribution in [3.05, 3.63) is 54.2 Å². The molecule has 36 heavy (non-hydrogen) atoms. The van der Waals surface area contributed by atoms with Crippen molar-refractivity contribution in [3.8, 4) is 11.5 Å². The number of rotatable bonds is 3. The van der Waals surface area contributed by atoms with Gasteiger partial charge in [-0.1, -0.05) is 12.1 Å². The van der Waals surface area contributed by atoms with Crippen LogP contribution in [0.5, 0.6) is 0 Å². The average molecular weight is 507 g/mol. The Hall–Kier alpha value is -4.17. The number of anilines is 1. The van der Waals surface area contributed by atoms with Crippen LogP contribution in [0.3, 0.4) is 0 Å². The highest BCUT2D eigenvalue weighted by molar-refractivity contribution is 5.88. The molecule has 1 aliphatic rings. The van der Waals surface area contributed by atoms with Crippen LogP contribution in [0.4, 0.5) is 32.2 Å². The highest BCUT2D eigenvalue weighted by atomic mass is 19.4. The Morgan fingerprint density at radius 1 is 1.03 bits per heavy atom. The van der Waals surface area contributed by atoms with Gasteiger partial charge in [-0.25, -0.2) is 23.6 Å². The van der Waals surface area contributed by atoms with Gasteiger partial charge in [-0.15, -0.1) is 5.10 Å². The first-order chi connectivity index (χ1) is 17.0. The van der Waals surface area contributed by atoms with Gasteiger partial charge in [-0.05, 0) is 17.7 Å². The molecule has 1 aliphatic heterocycles. The molecule has 6 rings (SSSR count). The van der Waals surface area contributed by atoms with Crippen molar-refractivity contribution in [2.24, 2.45) is 7.05 Å². The molecule has 2 unspecified atom stereocenters. The van der Waals surface area contributed by atoms with Crippen LogP contribution in [-0.2, 0) is 7.05 Å². The zero-order chi connectivity index (χ0) is 25.4. The zero-order valence-corrected chi connectivity index (χ0v) is 18.2. The first kappa shape index (κ1) is 22.3. The average Bonchev–Trinajstić information content (AvgIpc) is 3.54. The molecule has 2 atom stereocenters. The largest absolute Gasteiger partial charge is 0.455 e. The van der Waals surface area contributed by atoms with E-state index in [-0.39, 0.29) is 17.3 Å². The lowest BCUT2D eigenvalue weighted by Crippen LogP contribution is -2.47. The Morgan fingerprint density at radius 3 is 2.50 bits per heavy atom. The number of hydrogen-bond donors (Lipinski definition) is 1. The number of nitrogens with one attached hydrogen (secondary N) is 1. The number of halogens is 6. The minimum absolute atomic E-state index is 0.00394. The molecule has 15 heteroatoms. The fourth-order valence-corrected chi connectivity index (χ4v) is 4.36. The Kier molecular flexibility index (Phi) is 4.59. The van der Waals surface area contributed by atoms with Gasteiger partial charge in [-0.3, -0.25) is 4.68 Å². The standard InChI is InChI=1S/C21H15F6N9/c1-34-18-12(8-29-34)19-31-17(33-35(19)9-28-18)14-7-16-30-13(10-2-4-11(22)5-3-10)6-15(36(16)32-14)20(23,24)21(25,26)27/h2-5,7-9,13,15,30H,6H2,1H3. The molecule has 0 radical (unpaired) electrons. The van der Waals surface area contributed by atoms with Gasteiger partial charge >= 0.3 is 12.1 Å². The minimum atomic E-state index is -5.81. The van der Waals surface area contributed by atoms with Crippen molar-refractivity contribution < 1.29 is 26.3 Å². The van der Waals surface area contributed by atoms with Gasteiger partial charge in [0.2, 0.25) is 5.82 Å². The zero-order valence-electron chi connectivity index (χ0n) is 18.2. The van der Waals surface area contributed by atoms with Crippen LogP contribution < -0.4 is 5.32 Å². The lowest BCUT2D eigenvalue weighted by molar-refractivity contribution is -0.301. The van der Waals surface area contributed by atoms with Crippen molar-refractivity contribution in [1.82, 2.24) is 39.1 Å². The number of benzene rings is 1.